The van der Waals surface area contributed by atoms with Gasteiger partial charge in [0, 0.05) is 12.1 Å². The van der Waals surface area contributed by atoms with Crippen LogP contribution in [0.4, 0.5) is 5.69 Å². The van der Waals surface area contributed by atoms with Gasteiger partial charge in [0.15, 0.2) is 5.75 Å². The molecule has 0 aliphatic carbocycles. The number of rotatable bonds is 4. The van der Waals surface area contributed by atoms with Crippen molar-refractivity contribution in [1.82, 2.24) is 0 Å². The van der Waals surface area contributed by atoms with Crippen molar-refractivity contribution in [3.63, 3.8) is 0 Å². The summed E-state index contributed by atoms with van der Waals surface area (Å²) in [5, 5.41) is 19.6. The van der Waals surface area contributed by atoms with Gasteiger partial charge in [-0.05, 0) is 12.5 Å². The number of nitro groups is 1. The van der Waals surface area contributed by atoms with E-state index < -0.39 is 4.92 Å². The van der Waals surface area contributed by atoms with Crippen LogP contribution in [0.2, 0.25) is 0 Å². The zero-order valence-corrected chi connectivity index (χ0v) is 7.77. The van der Waals surface area contributed by atoms with Crippen LogP contribution in [0.3, 0.4) is 0 Å². The van der Waals surface area contributed by atoms with Crippen LogP contribution in [0.15, 0.2) is 18.2 Å². The molecular formula is C9H11NO4. The third kappa shape index (κ3) is 2.35. The lowest BCUT2D eigenvalue weighted by Crippen LogP contribution is -1.95. The van der Waals surface area contributed by atoms with Gasteiger partial charge in [-0.2, -0.15) is 0 Å². The first-order chi connectivity index (χ1) is 6.65. The summed E-state index contributed by atoms with van der Waals surface area (Å²) in [6, 6.07) is 3.93. The van der Waals surface area contributed by atoms with Gasteiger partial charge in [-0.3, -0.25) is 10.1 Å². The molecule has 0 aliphatic heterocycles. The van der Waals surface area contributed by atoms with Gasteiger partial charge < -0.3 is 9.84 Å². The lowest BCUT2D eigenvalue weighted by Gasteiger charge is -2.04. The molecule has 0 unspecified atom stereocenters. The molecule has 0 amide bonds. The van der Waals surface area contributed by atoms with Crippen LogP contribution in [-0.2, 0) is 0 Å². The maximum atomic E-state index is 10.4. The molecule has 0 spiro atoms. The van der Waals surface area contributed by atoms with Gasteiger partial charge in [-0.15, -0.1) is 0 Å². The molecule has 0 bridgehead atoms. The fourth-order valence-corrected chi connectivity index (χ4v) is 0.967. The van der Waals surface area contributed by atoms with Crippen LogP contribution in [0.25, 0.3) is 0 Å². The second-order valence-corrected chi connectivity index (χ2v) is 2.76. The Kier molecular flexibility index (Phi) is 3.28. The summed E-state index contributed by atoms with van der Waals surface area (Å²) in [6.45, 7) is 2.47. The number of nitro benzene ring substituents is 1. The van der Waals surface area contributed by atoms with Gasteiger partial charge in [-0.25, -0.2) is 0 Å². The molecule has 5 heteroatoms. The minimum atomic E-state index is -0.640. The highest BCUT2D eigenvalue weighted by Gasteiger charge is 2.12. The van der Waals surface area contributed by atoms with Crippen molar-refractivity contribution in [3.8, 4) is 11.5 Å². The summed E-state index contributed by atoms with van der Waals surface area (Å²) in [4.78, 5) is 9.71. The maximum absolute atomic E-state index is 10.4. The molecule has 1 rings (SSSR count). The van der Waals surface area contributed by atoms with E-state index in [2.05, 4.69) is 0 Å². The molecule has 0 aliphatic rings. The van der Waals surface area contributed by atoms with Gasteiger partial charge in [0.2, 0.25) is 0 Å². The van der Waals surface area contributed by atoms with E-state index in [1.54, 1.807) is 0 Å². The fourth-order valence-electron chi connectivity index (χ4n) is 0.967. The standard InChI is InChI=1S/C9H11NO4/c1-2-5-14-7-3-4-8(10(12)13)9(11)6-7/h3-4,6,11H,2,5H2,1H3. The average Bonchev–Trinajstić information content (AvgIpc) is 2.14. The van der Waals surface area contributed by atoms with E-state index in [1.807, 2.05) is 6.92 Å². The number of ether oxygens (including phenoxy) is 1. The minimum Gasteiger partial charge on any atom is -0.502 e. The number of phenolic OH excluding ortho intramolecular Hbond substituents is 1. The van der Waals surface area contributed by atoms with E-state index >= 15 is 0 Å². The second-order valence-electron chi connectivity index (χ2n) is 2.76. The normalized spacial score (nSPS) is 9.79. The lowest BCUT2D eigenvalue weighted by molar-refractivity contribution is -0.385. The highest BCUT2D eigenvalue weighted by atomic mass is 16.6. The molecule has 0 fully saturated rings. The zero-order valence-electron chi connectivity index (χ0n) is 7.77. The highest BCUT2D eigenvalue weighted by molar-refractivity contribution is 5.49. The molecule has 76 valence electrons. The Morgan fingerprint density at radius 1 is 1.57 bits per heavy atom. The molecule has 5 nitrogen and oxygen atoms in total. The second kappa shape index (κ2) is 4.45. The zero-order chi connectivity index (χ0) is 10.6. The van der Waals surface area contributed by atoms with Gasteiger partial charge >= 0.3 is 5.69 Å². The van der Waals surface area contributed by atoms with E-state index in [0.717, 1.165) is 6.42 Å². The van der Waals surface area contributed by atoms with Crippen LogP contribution >= 0.6 is 0 Å². The van der Waals surface area contributed by atoms with Gasteiger partial charge in [-0.1, -0.05) is 6.92 Å². The summed E-state index contributed by atoms with van der Waals surface area (Å²) in [7, 11) is 0. The SMILES string of the molecule is CCCOc1ccc([N+](=O)[O-])c(O)c1. The predicted octanol–water partition coefficient (Wildman–Crippen LogP) is 2.09. The first-order valence-corrected chi connectivity index (χ1v) is 4.25. The number of phenols is 1. The quantitative estimate of drug-likeness (QED) is 0.592. The first-order valence-electron chi connectivity index (χ1n) is 4.25. The molecular weight excluding hydrogens is 186 g/mol. The van der Waals surface area contributed by atoms with Crippen molar-refractivity contribution >= 4 is 5.69 Å². The van der Waals surface area contributed by atoms with Crippen molar-refractivity contribution < 1.29 is 14.8 Å². The van der Waals surface area contributed by atoms with Crippen LogP contribution < -0.4 is 4.74 Å². The van der Waals surface area contributed by atoms with Gasteiger partial charge in [0.1, 0.15) is 5.75 Å². The number of hydrogen-bond donors (Lipinski definition) is 1. The minimum absolute atomic E-state index is 0.311. The van der Waals surface area contributed by atoms with E-state index in [4.69, 9.17) is 4.74 Å². The fraction of sp³-hybridized carbons (Fsp3) is 0.333. The Morgan fingerprint density at radius 2 is 2.29 bits per heavy atom. The largest absolute Gasteiger partial charge is 0.502 e. The van der Waals surface area contributed by atoms with Crippen molar-refractivity contribution in [2.45, 2.75) is 13.3 Å². The molecule has 0 saturated heterocycles. The highest BCUT2D eigenvalue weighted by Crippen LogP contribution is 2.29. The Balaban J connectivity index is 2.83. The molecule has 0 atom stereocenters. The van der Waals surface area contributed by atoms with E-state index in [0.29, 0.717) is 12.4 Å². The Morgan fingerprint density at radius 3 is 2.79 bits per heavy atom. The maximum Gasteiger partial charge on any atom is 0.310 e. The van der Waals surface area contributed by atoms with Crippen LogP contribution in [-0.4, -0.2) is 16.6 Å². The smallest absolute Gasteiger partial charge is 0.310 e. The summed E-state index contributed by atoms with van der Waals surface area (Å²) >= 11 is 0. The van der Waals surface area contributed by atoms with Crippen molar-refractivity contribution in [1.29, 1.82) is 0 Å². The predicted molar refractivity (Wildman–Crippen MR) is 50.5 cm³/mol. The van der Waals surface area contributed by atoms with Crippen LogP contribution in [0.5, 0.6) is 11.5 Å². The lowest BCUT2D eigenvalue weighted by atomic mass is 10.3. The van der Waals surface area contributed by atoms with Crippen molar-refractivity contribution in [2.75, 3.05) is 6.61 Å². The van der Waals surface area contributed by atoms with E-state index in [1.165, 1.54) is 18.2 Å². The third-order valence-electron chi connectivity index (χ3n) is 1.62. The number of aromatic hydroxyl groups is 1. The topological polar surface area (TPSA) is 72.6 Å². The molecule has 1 N–H and O–H groups in total. The molecule has 0 radical (unpaired) electrons. The summed E-state index contributed by atoms with van der Waals surface area (Å²) in [5.74, 6) is 0.0681. The molecule has 0 saturated carbocycles. The Labute approximate surface area is 81.1 Å². The van der Waals surface area contributed by atoms with Crippen LogP contribution in [0, 0.1) is 10.1 Å². The van der Waals surface area contributed by atoms with Gasteiger partial charge in [0.25, 0.3) is 0 Å². The molecule has 0 aromatic heterocycles. The number of benzene rings is 1. The summed E-state index contributed by atoms with van der Waals surface area (Å²) in [6.07, 6.45) is 0.845. The van der Waals surface area contributed by atoms with E-state index in [-0.39, 0.29) is 11.4 Å². The third-order valence-corrected chi connectivity index (χ3v) is 1.62. The Bertz CT molecular complexity index is 338. The number of hydrogen-bond acceptors (Lipinski definition) is 4. The molecule has 14 heavy (non-hydrogen) atoms. The molecule has 1 aromatic rings. The summed E-state index contributed by atoms with van der Waals surface area (Å²) < 4.78 is 5.19. The van der Waals surface area contributed by atoms with Crippen molar-refractivity contribution in [3.05, 3.63) is 28.3 Å². The first kappa shape index (κ1) is 10.3. The molecule has 1 aromatic carbocycles. The van der Waals surface area contributed by atoms with Gasteiger partial charge in [0.05, 0.1) is 11.5 Å². The summed E-state index contributed by atoms with van der Waals surface area (Å²) in [5.41, 5.74) is -0.311. The Hall–Kier alpha value is -1.78. The monoisotopic (exact) mass is 197 g/mol. The van der Waals surface area contributed by atoms with Crippen molar-refractivity contribution in [2.24, 2.45) is 0 Å². The molecule has 0 heterocycles. The number of nitrogens with zero attached hydrogens (tertiary/aromatic N) is 1. The van der Waals surface area contributed by atoms with Crippen LogP contribution in [0.1, 0.15) is 13.3 Å². The van der Waals surface area contributed by atoms with E-state index in [9.17, 15) is 15.2 Å². The average molecular weight is 197 g/mol.